The van der Waals surface area contributed by atoms with Gasteiger partial charge in [0.2, 0.25) is 5.91 Å². The second kappa shape index (κ2) is 5.94. The summed E-state index contributed by atoms with van der Waals surface area (Å²) in [7, 11) is 0. The largest absolute Gasteiger partial charge is 0.369 e. The van der Waals surface area contributed by atoms with Gasteiger partial charge in [-0.2, -0.15) is 0 Å². The van der Waals surface area contributed by atoms with Crippen LogP contribution < -0.4 is 5.73 Å². The van der Waals surface area contributed by atoms with Crippen LogP contribution in [0.2, 0.25) is 10.0 Å². The number of benzene rings is 1. The van der Waals surface area contributed by atoms with Crippen LogP contribution in [0, 0.1) is 19.3 Å². The van der Waals surface area contributed by atoms with E-state index in [0.717, 1.165) is 15.4 Å². The number of aryl methyl sites for hydroxylation is 1. The molecule has 0 bridgehead atoms. The Labute approximate surface area is 165 Å². The summed E-state index contributed by atoms with van der Waals surface area (Å²) in [5.41, 5.74) is 6.07. The van der Waals surface area contributed by atoms with E-state index in [1.54, 1.807) is 17.0 Å². The minimum Gasteiger partial charge on any atom is -0.369 e. The first kappa shape index (κ1) is 17.8. The van der Waals surface area contributed by atoms with Crippen molar-refractivity contribution < 1.29 is 9.59 Å². The Morgan fingerprint density at radius 2 is 2.08 bits per heavy atom. The summed E-state index contributed by atoms with van der Waals surface area (Å²) in [6.45, 7) is 5.89. The Kier molecular flexibility index (Phi) is 4.06. The first-order valence-electron chi connectivity index (χ1n) is 8.13. The van der Waals surface area contributed by atoms with Crippen LogP contribution in [0.5, 0.6) is 0 Å². The molecule has 8 heteroatoms. The number of hydrogen-bond acceptors (Lipinski definition) is 4. The zero-order chi connectivity index (χ0) is 18.8. The number of halogens is 2. The van der Waals surface area contributed by atoms with Crippen molar-refractivity contribution in [1.82, 2.24) is 9.88 Å². The highest BCUT2D eigenvalue weighted by Crippen LogP contribution is 2.59. The molecule has 1 aliphatic heterocycles. The van der Waals surface area contributed by atoms with E-state index in [-0.39, 0.29) is 23.9 Å². The fourth-order valence-corrected chi connectivity index (χ4v) is 5.05. The highest BCUT2D eigenvalue weighted by molar-refractivity contribution is 7.15. The van der Waals surface area contributed by atoms with Crippen LogP contribution in [0.1, 0.15) is 28.3 Å². The van der Waals surface area contributed by atoms with Gasteiger partial charge in [0.05, 0.1) is 25.3 Å². The van der Waals surface area contributed by atoms with E-state index in [1.807, 2.05) is 13.0 Å². The molecule has 2 amide bonds. The van der Waals surface area contributed by atoms with Gasteiger partial charge in [-0.1, -0.05) is 29.3 Å². The molecule has 2 aliphatic rings. The van der Waals surface area contributed by atoms with Gasteiger partial charge in [0.1, 0.15) is 5.69 Å². The van der Waals surface area contributed by atoms with E-state index in [0.29, 0.717) is 28.6 Å². The fraction of sp³-hybridized carbons (Fsp3) is 0.333. The van der Waals surface area contributed by atoms with Crippen molar-refractivity contribution in [3.05, 3.63) is 45.9 Å². The number of thiazole rings is 1. The molecule has 135 valence electrons. The van der Waals surface area contributed by atoms with Crippen molar-refractivity contribution in [2.45, 2.75) is 31.8 Å². The van der Waals surface area contributed by atoms with Gasteiger partial charge in [0, 0.05) is 12.1 Å². The molecule has 1 radical (unpaired) electrons. The minimum atomic E-state index is -0.614. The fourth-order valence-electron chi connectivity index (χ4n) is 3.84. The number of nitrogens with two attached hydrogens (primary N) is 1. The molecule has 3 atom stereocenters. The third-order valence-electron chi connectivity index (χ3n) is 5.21. The van der Waals surface area contributed by atoms with Crippen molar-refractivity contribution in [3.8, 4) is 10.4 Å². The lowest BCUT2D eigenvalue weighted by Gasteiger charge is -2.23. The smallest absolute Gasteiger partial charge is 0.274 e. The molecular weight excluding hydrogens is 393 g/mol. The van der Waals surface area contributed by atoms with Crippen LogP contribution in [-0.2, 0) is 4.79 Å². The highest BCUT2D eigenvalue weighted by Gasteiger charge is 2.68. The Hall–Kier alpha value is -1.63. The van der Waals surface area contributed by atoms with Crippen LogP contribution in [-0.4, -0.2) is 33.8 Å². The normalized spacial score (nSPS) is 26.7. The van der Waals surface area contributed by atoms with Crippen molar-refractivity contribution >= 4 is 46.4 Å². The molecule has 1 saturated carbocycles. The number of carbonyl (C=O) groups excluding carboxylic acids is 2. The van der Waals surface area contributed by atoms with Crippen molar-refractivity contribution in [1.29, 1.82) is 0 Å². The summed E-state index contributed by atoms with van der Waals surface area (Å²) in [4.78, 5) is 31.9. The summed E-state index contributed by atoms with van der Waals surface area (Å²) in [5, 5.41) is 1.64. The van der Waals surface area contributed by atoms with Gasteiger partial charge in [-0.25, -0.2) is 4.98 Å². The molecule has 4 rings (SSSR count). The molecule has 0 spiro atoms. The second-order valence-electron chi connectivity index (χ2n) is 6.85. The zero-order valence-electron chi connectivity index (χ0n) is 14.0. The van der Waals surface area contributed by atoms with E-state index in [4.69, 9.17) is 28.9 Å². The molecule has 1 aliphatic carbocycles. The summed E-state index contributed by atoms with van der Waals surface area (Å²) in [6.07, 6.45) is 1.11. The number of rotatable bonds is 3. The van der Waals surface area contributed by atoms with Gasteiger partial charge in [-0.3, -0.25) is 9.59 Å². The van der Waals surface area contributed by atoms with E-state index < -0.39 is 5.41 Å². The summed E-state index contributed by atoms with van der Waals surface area (Å²) >= 11 is 13.5. The predicted octanol–water partition coefficient (Wildman–Crippen LogP) is 3.72. The van der Waals surface area contributed by atoms with Crippen LogP contribution in [0.4, 0.5) is 0 Å². The lowest BCUT2D eigenvalue weighted by molar-refractivity contribution is -0.123. The molecule has 26 heavy (non-hydrogen) atoms. The third kappa shape index (κ3) is 2.54. The zero-order valence-corrected chi connectivity index (χ0v) is 16.3. The molecule has 1 aromatic heterocycles. The van der Waals surface area contributed by atoms with E-state index >= 15 is 0 Å². The lowest BCUT2D eigenvalue weighted by Crippen LogP contribution is -2.37. The number of carbonyl (C=O) groups is 2. The van der Waals surface area contributed by atoms with Gasteiger partial charge in [-0.15, -0.1) is 11.3 Å². The van der Waals surface area contributed by atoms with Gasteiger partial charge >= 0.3 is 0 Å². The summed E-state index contributed by atoms with van der Waals surface area (Å²) in [6, 6.07) is 4.76. The molecule has 2 fully saturated rings. The summed E-state index contributed by atoms with van der Waals surface area (Å²) < 4.78 is 0. The monoisotopic (exact) mass is 408 g/mol. The third-order valence-corrected chi connectivity index (χ3v) is 6.97. The number of likely N-dealkylation sites (tertiary alicyclic amines) is 1. The van der Waals surface area contributed by atoms with E-state index in [1.165, 1.54) is 11.3 Å². The summed E-state index contributed by atoms with van der Waals surface area (Å²) in [5.74, 6) is -0.577. The number of fused-ring (bicyclic) bond motifs is 1. The molecule has 1 saturated heterocycles. The molecular formula is C18H16Cl2N3O2S. The minimum absolute atomic E-state index is 0.182. The first-order chi connectivity index (χ1) is 12.2. The maximum absolute atomic E-state index is 13.2. The maximum atomic E-state index is 13.2. The average Bonchev–Trinajstić information content (AvgIpc) is 3.01. The standard InChI is InChI=1S/C18H16Cl2N3O2S/c1-8-6-18(17(21)25)7-13(18)23(8)16(24)14-15(26-9(2)22-14)10-3-4-11(19)12(20)5-10/h3-5,8,13H,1,6-7H2,2H3,(H2,21,25)/t8-,13-,18+/m0/s1. The van der Waals surface area contributed by atoms with Crippen molar-refractivity contribution in [3.63, 3.8) is 0 Å². The quantitative estimate of drug-likeness (QED) is 0.840. The predicted molar refractivity (Wildman–Crippen MR) is 102 cm³/mol. The number of primary amides is 1. The molecule has 0 unspecified atom stereocenters. The number of nitrogens with zero attached hydrogens (tertiary/aromatic N) is 2. The Bertz CT molecular complexity index is 945. The van der Waals surface area contributed by atoms with Crippen LogP contribution >= 0.6 is 34.5 Å². The Morgan fingerprint density at radius 1 is 1.35 bits per heavy atom. The van der Waals surface area contributed by atoms with E-state index in [2.05, 4.69) is 11.9 Å². The molecule has 2 N–H and O–H groups in total. The average molecular weight is 409 g/mol. The topological polar surface area (TPSA) is 76.3 Å². The Morgan fingerprint density at radius 3 is 2.69 bits per heavy atom. The van der Waals surface area contributed by atoms with Crippen molar-refractivity contribution in [2.75, 3.05) is 0 Å². The number of piperidine rings is 1. The van der Waals surface area contributed by atoms with Crippen LogP contribution in [0.3, 0.4) is 0 Å². The van der Waals surface area contributed by atoms with Crippen LogP contribution in [0.15, 0.2) is 18.2 Å². The highest BCUT2D eigenvalue weighted by atomic mass is 35.5. The van der Waals surface area contributed by atoms with Crippen molar-refractivity contribution in [2.24, 2.45) is 11.1 Å². The van der Waals surface area contributed by atoms with Crippen LogP contribution in [0.25, 0.3) is 10.4 Å². The Balaban J connectivity index is 1.72. The van der Waals surface area contributed by atoms with Gasteiger partial charge < -0.3 is 10.6 Å². The van der Waals surface area contributed by atoms with Gasteiger partial charge in [0.25, 0.3) is 5.91 Å². The lowest BCUT2D eigenvalue weighted by atomic mass is 10.00. The van der Waals surface area contributed by atoms with E-state index in [9.17, 15) is 9.59 Å². The molecule has 5 nitrogen and oxygen atoms in total. The SMILES string of the molecule is [CH2][C@H]1C[C@@]2(C(N)=O)C[C@@H]2N1C(=O)c1nc(C)sc1-c1ccc(Cl)c(Cl)c1. The second-order valence-corrected chi connectivity index (χ2v) is 8.87. The number of amides is 2. The van der Waals surface area contributed by atoms with Gasteiger partial charge in [-0.05, 0) is 44.4 Å². The first-order valence-corrected chi connectivity index (χ1v) is 9.70. The van der Waals surface area contributed by atoms with Gasteiger partial charge in [0.15, 0.2) is 0 Å². The number of hydrogen-bond donors (Lipinski definition) is 1. The molecule has 2 aromatic rings. The molecule has 1 aromatic carbocycles. The molecule has 2 heterocycles. The maximum Gasteiger partial charge on any atom is 0.274 e. The number of aromatic nitrogens is 1.